The number of nitrogens with zero attached hydrogens (tertiary/aromatic N) is 2. The quantitative estimate of drug-likeness (QED) is 0.175. The predicted molar refractivity (Wildman–Crippen MR) is 206 cm³/mol. The third-order valence-electron chi connectivity index (χ3n) is 10.9. The maximum Gasteiger partial charge on any atom is 0.264 e. The van der Waals surface area contributed by atoms with Crippen molar-refractivity contribution in [3.8, 4) is 0 Å². The topological polar surface area (TPSA) is 19.6 Å². The average molecular weight is 641 g/mol. The summed E-state index contributed by atoms with van der Waals surface area (Å²) in [5.41, 5.74) is 16.2. The highest BCUT2D eigenvalue weighted by atomic mass is 32.1. The molecule has 0 amide bonds. The molecule has 0 atom stereocenters. The lowest BCUT2D eigenvalue weighted by Crippen LogP contribution is -2.60. The molecule has 3 nitrogen and oxygen atoms in total. The highest BCUT2D eigenvalue weighted by molar-refractivity contribution is 7.29. The van der Waals surface area contributed by atoms with Crippen LogP contribution < -0.4 is 25.5 Å². The van der Waals surface area contributed by atoms with Gasteiger partial charge in [-0.25, -0.2) is 0 Å². The standard InChI is InChI=1S/C43H37BN2OS/c1-26-14-12-18-29-30-19-13-22-34(41(30)47-40(26)29)46-33-21-10-9-20-32(33)44-38-35(24-27(25-36(38)46)43(2,3)4)45(28-15-6-5-7-16-28)39-31-17-8-11-23-37(31)48-42(39)44/h5-7,9-10,12-16,18-22,24-25H,8,11,17,23H2,1-4H3. The lowest BCUT2D eigenvalue weighted by atomic mass is 9.36. The molecule has 2 aliphatic heterocycles. The molecule has 1 aliphatic carbocycles. The fourth-order valence-corrected chi connectivity index (χ4v) is 10.1. The number of anilines is 6. The molecule has 4 heterocycles. The van der Waals surface area contributed by atoms with Gasteiger partial charge in [0.2, 0.25) is 0 Å². The Bertz CT molecular complexity index is 2430. The summed E-state index contributed by atoms with van der Waals surface area (Å²) < 4.78 is 8.34. The van der Waals surface area contributed by atoms with Crippen LogP contribution in [0.4, 0.5) is 34.1 Å². The van der Waals surface area contributed by atoms with Gasteiger partial charge in [0.1, 0.15) is 5.58 Å². The van der Waals surface area contributed by atoms with Gasteiger partial charge in [0.05, 0.1) is 11.4 Å². The Labute approximate surface area is 286 Å². The van der Waals surface area contributed by atoms with E-state index in [0.717, 1.165) is 34.2 Å². The summed E-state index contributed by atoms with van der Waals surface area (Å²) in [6.45, 7) is 9.34. The molecule has 0 unspecified atom stereocenters. The first-order valence-electron chi connectivity index (χ1n) is 17.4. The van der Waals surface area contributed by atoms with Gasteiger partial charge in [0.25, 0.3) is 6.71 Å². The molecule has 7 aromatic rings. The fraction of sp³-hybridized carbons (Fsp3) is 0.209. The third-order valence-corrected chi connectivity index (χ3v) is 12.2. The van der Waals surface area contributed by atoms with Crippen LogP contribution in [0.3, 0.4) is 0 Å². The zero-order chi connectivity index (χ0) is 32.3. The number of aryl methyl sites for hydroxylation is 2. The van der Waals surface area contributed by atoms with Crippen LogP contribution in [0.15, 0.2) is 108 Å². The summed E-state index contributed by atoms with van der Waals surface area (Å²) in [6.07, 6.45) is 4.87. The van der Waals surface area contributed by atoms with Crippen molar-refractivity contribution in [2.75, 3.05) is 9.80 Å². The highest BCUT2D eigenvalue weighted by Crippen LogP contribution is 2.50. The molecule has 0 fully saturated rings. The van der Waals surface area contributed by atoms with Crippen molar-refractivity contribution >= 4 is 89.8 Å². The Morgan fingerprint density at radius 1 is 0.688 bits per heavy atom. The average Bonchev–Trinajstić information content (AvgIpc) is 3.68. The van der Waals surface area contributed by atoms with Crippen LogP contribution in [0.5, 0.6) is 0 Å². The number of para-hydroxylation sites is 4. The van der Waals surface area contributed by atoms with E-state index in [4.69, 9.17) is 4.42 Å². The molecule has 2 aromatic heterocycles. The third kappa shape index (κ3) is 3.88. The largest absolute Gasteiger partial charge is 0.454 e. The minimum absolute atomic E-state index is 0.0527. The molecule has 0 saturated heterocycles. The van der Waals surface area contributed by atoms with Crippen LogP contribution in [0, 0.1) is 6.92 Å². The van der Waals surface area contributed by atoms with Crippen molar-refractivity contribution in [3.63, 3.8) is 0 Å². The van der Waals surface area contributed by atoms with Crippen molar-refractivity contribution < 1.29 is 4.42 Å². The van der Waals surface area contributed by atoms with Gasteiger partial charge < -0.3 is 14.2 Å². The van der Waals surface area contributed by atoms with Crippen LogP contribution in [-0.4, -0.2) is 6.71 Å². The first kappa shape index (κ1) is 28.3. The Kier molecular flexibility index (Phi) is 5.97. The molecule has 5 heteroatoms. The van der Waals surface area contributed by atoms with Gasteiger partial charge >= 0.3 is 0 Å². The molecule has 0 saturated carbocycles. The van der Waals surface area contributed by atoms with Crippen molar-refractivity contribution in [1.82, 2.24) is 0 Å². The van der Waals surface area contributed by atoms with Gasteiger partial charge in [0, 0.05) is 43.2 Å². The second kappa shape index (κ2) is 10.1. The molecule has 0 radical (unpaired) electrons. The van der Waals surface area contributed by atoms with E-state index in [-0.39, 0.29) is 12.1 Å². The molecule has 5 aromatic carbocycles. The van der Waals surface area contributed by atoms with Crippen molar-refractivity contribution in [1.29, 1.82) is 0 Å². The van der Waals surface area contributed by atoms with E-state index in [2.05, 4.69) is 152 Å². The van der Waals surface area contributed by atoms with Gasteiger partial charge in [-0.15, -0.1) is 0 Å². The maximum absolute atomic E-state index is 6.84. The number of rotatable bonds is 2. The van der Waals surface area contributed by atoms with Crippen LogP contribution in [0.1, 0.15) is 55.2 Å². The SMILES string of the molecule is Cc1cccc2c1oc1c(N3c4ccccc4B4c5sc6c(c5N(c5ccccc5)c5cc(C(C)(C)C)cc3c54)CCCC6)cccc12. The van der Waals surface area contributed by atoms with Gasteiger partial charge in [0.15, 0.2) is 5.58 Å². The van der Waals surface area contributed by atoms with Crippen molar-refractivity contribution in [2.45, 2.75) is 58.8 Å². The summed E-state index contributed by atoms with van der Waals surface area (Å²) in [5, 5.41) is 2.33. The summed E-state index contributed by atoms with van der Waals surface area (Å²) in [5.74, 6) is 0. The smallest absolute Gasteiger partial charge is 0.264 e. The molecule has 0 bridgehead atoms. The second-order valence-electron chi connectivity index (χ2n) is 14.8. The number of hydrogen-bond acceptors (Lipinski definition) is 4. The van der Waals surface area contributed by atoms with Crippen molar-refractivity contribution in [2.24, 2.45) is 0 Å². The van der Waals surface area contributed by atoms with Gasteiger partial charge in [-0.3, -0.25) is 0 Å². The number of fused-ring (bicyclic) bond motifs is 9. The van der Waals surface area contributed by atoms with Gasteiger partial charge in [-0.2, -0.15) is 11.3 Å². The van der Waals surface area contributed by atoms with E-state index < -0.39 is 0 Å². The molecule has 0 N–H and O–H groups in total. The van der Waals surface area contributed by atoms with Crippen molar-refractivity contribution in [3.05, 3.63) is 125 Å². The van der Waals surface area contributed by atoms with E-state index in [9.17, 15) is 0 Å². The summed E-state index contributed by atoms with van der Waals surface area (Å²) in [7, 11) is 0. The van der Waals surface area contributed by atoms with Crippen LogP contribution >= 0.6 is 11.3 Å². The number of benzene rings is 5. The molecule has 48 heavy (non-hydrogen) atoms. The monoisotopic (exact) mass is 640 g/mol. The maximum atomic E-state index is 6.84. The number of furan rings is 1. The zero-order valence-electron chi connectivity index (χ0n) is 27.9. The Morgan fingerprint density at radius 3 is 2.19 bits per heavy atom. The normalized spacial score (nSPS) is 15.0. The molecule has 3 aliphatic rings. The van der Waals surface area contributed by atoms with Crippen LogP contribution in [0.25, 0.3) is 21.9 Å². The lowest BCUT2D eigenvalue weighted by Gasteiger charge is -2.44. The number of thiophene rings is 1. The molecular weight excluding hydrogens is 603 g/mol. The molecular formula is C43H37BN2OS. The predicted octanol–water partition coefficient (Wildman–Crippen LogP) is 10.2. The summed E-state index contributed by atoms with van der Waals surface area (Å²) in [6, 6.07) is 38.3. The van der Waals surface area contributed by atoms with E-state index in [1.54, 1.807) is 10.4 Å². The summed E-state index contributed by atoms with van der Waals surface area (Å²) in [4.78, 5) is 6.72. The lowest BCUT2D eigenvalue weighted by molar-refractivity contribution is 0.590. The Balaban J connectivity index is 1.34. The first-order valence-corrected chi connectivity index (χ1v) is 18.2. The second-order valence-corrected chi connectivity index (χ2v) is 15.9. The Morgan fingerprint density at radius 2 is 1.38 bits per heavy atom. The molecule has 0 spiro atoms. The Hall–Kier alpha value is -4.74. The zero-order valence-corrected chi connectivity index (χ0v) is 28.7. The molecule has 10 rings (SSSR count). The van der Waals surface area contributed by atoms with Crippen LogP contribution in [-0.2, 0) is 18.3 Å². The minimum Gasteiger partial charge on any atom is -0.454 e. The van der Waals surface area contributed by atoms with E-state index in [0.29, 0.717) is 0 Å². The van der Waals surface area contributed by atoms with E-state index in [1.807, 2.05) is 0 Å². The summed E-state index contributed by atoms with van der Waals surface area (Å²) >= 11 is 2.07. The minimum atomic E-state index is -0.0527. The number of hydrogen-bond donors (Lipinski definition) is 0. The van der Waals surface area contributed by atoms with Gasteiger partial charge in [-0.05, 0) is 102 Å². The van der Waals surface area contributed by atoms with Gasteiger partial charge in [-0.1, -0.05) is 87.5 Å². The molecule has 234 valence electrons. The fourth-order valence-electron chi connectivity index (χ4n) is 8.57. The first-order chi connectivity index (χ1) is 23.4. The van der Waals surface area contributed by atoms with E-state index in [1.165, 1.54) is 74.4 Å². The van der Waals surface area contributed by atoms with E-state index >= 15 is 0 Å². The highest BCUT2D eigenvalue weighted by Gasteiger charge is 2.46. The van der Waals surface area contributed by atoms with Crippen LogP contribution in [0.2, 0.25) is 0 Å².